The van der Waals surface area contributed by atoms with Crippen molar-refractivity contribution in [3.63, 3.8) is 0 Å². The highest BCUT2D eigenvalue weighted by Crippen LogP contribution is 2.24. The Morgan fingerprint density at radius 1 is 1.12 bits per heavy atom. The van der Waals surface area contributed by atoms with Gasteiger partial charge in [0.25, 0.3) is 5.91 Å². The summed E-state index contributed by atoms with van der Waals surface area (Å²) in [6.45, 7) is 4.48. The van der Waals surface area contributed by atoms with Crippen molar-refractivity contribution in [1.82, 2.24) is 9.88 Å². The van der Waals surface area contributed by atoms with E-state index in [1.807, 2.05) is 59.5 Å². The van der Waals surface area contributed by atoms with Crippen LogP contribution in [0.4, 0.5) is 0 Å². The lowest BCUT2D eigenvalue weighted by atomic mass is 9.99. The van der Waals surface area contributed by atoms with Crippen LogP contribution in [0.25, 0.3) is 10.9 Å². The van der Waals surface area contributed by atoms with Crippen LogP contribution in [-0.4, -0.2) is 28.9 Å². The summed E-state index contributed by atoms with van der Waals surface area (Å²) >= 11 is 0. The highest BCUT2D eigenvalue weighted by molar-refractivity contribution is 5.98. The van der Waals surface area contributed by atoms with E-state index in [9.17, 15) is 4.79 Å². The lowest BCUT2D eigenvalue weighted by Crippen LogP contribution is -2.38. The standard InChI is InChI=1S/C22H24N2O2/c1-16-9-11-24(12-10-16)22(25)21-13-18-7-8-19(14-20(18)23-21)26-15-17-5-3-2-4-6-17/h2-8,13-14,16,23H,9-12,15H2,1H3. The van der Waals surface area contributed by atoms with Crippen molar-refractivity contribution < 1.29 is 9.53 Å². The fourth-order valence-corrected chi connectivity index (χ4v) is 3.43. The molecule has 134 valence electrons. The largest absolute Gasteiger partial charge is 0.489 e. The van der Waals surface area contributed by atoms with Crippen LogP contribution in [0.2, 0.25) is 0 Å². The van der Waals surface area contributed by atoms with Crippen LogP contribution >= 0.6 is 0 Å². The molecule has 1 N–H and O–H groups in total. The molecule has 1 fully saturated rings. The van der Waals surface area contributed by atoms with Crippen molar-refractivity contribution in [3.8, 4) is 5.75 Å². The van der Waals surface area contributed by atoms with Crippen LogP contribution in [0, 0.1) is 5.92 Å². The maximum Gasteiger partial charge on any atom is 0.270 e. The van der Waals surface area contributed by atoms with Crippen molar-refractivity contribution in [2.75, 3.05) is 13.1 Å². The van der Waals surface area contributed by atoms with Gasteiger partial charge in [0.1, 0.15) is 18.1 Å². The third kappa shape index (κ3) is 3.59. The molecule has 0 unspecified atom stereocenters. The second-order valence-electron chi connectivity index (χ2n) is 7.18. The topological polar surface area (TPSA) is 45.3 Å². The molecule has 1 aliphatic heterocycles. The molecule has 3 aromatic rings. The molecule has 0 saturated carbocycles. The number of benzene rings is 2. The number of hydrogen-bond acceptors (Lipinski definition) is 2. The molecule has 4 heteroatoms. The maximum atomic E-state index is 12.7. The summed E-state index contributed by atoms with van der Waals surface area (Å²) in [5, 5.41) is 1.03. The molecular weight excluding hydrogens is 324 g/mol. The second kappa shape index (κ2) is 7.24. The average molecular weight is 348 g/mol. The van der Waals surface area contributed by atoms with E-state index in [0.29, 0.717) is 18.2 Å². The van der Waals surface area contributed by atoms with E-state index >= 15 is 0 Å². The number of piperidine rings is 1. The summed E-state index contributed by atoms with van der Waals surface area (Å²) < 4.78 is 5.88. The number of fused-ring (bicyclic) bond motifs is 1. The van der Waals surface area contributed by atoms with Crippen LogP contribution in [0.3, 0.4) is 0 Å². The summed E-state index contributed by atoms with van der Waals surface area (Å²) in [6, 6.07) is 18.0. The highest BCUT2D eigenvalue weighted by Gasteiger charge is 2.22. The van der Waals surface area contributed by atoms with Gasteiger partial charge < -0.3 is 14.6 Å². The normalized spacial score (nSPS) is 15.3. The van der Waals surface area contributed by atoms with Gasteiger partial charge in [-0.25, -0.2) is 0 Å². The molecule has 0 atom stereocenters. The molecule has 26 heavy (non-hydrogen) atoms. The first-order valence-electron chi connectivity index (χ1n) is 9.28. The second-order valence-corrected chi connectivity index (χ2v) is 7.18. The number of aromatic amines is 1. The first-order valence-corrected chi connectivity index (χ1v) is 9.28. The fraction of sp³-hybridized carbons (Fsp3) is 0.318. The van der Waals surface area contributed by atoms with Crippen LogP contribution in [0.15, 0.2) is 54.6 Å². The minimum atomic E-state index is 0.0971. The van der Waals surface area contributed by atoms with E-state index < -0.39 is 0 Å². The number of rotatable bonds is 4. The van der Waals surface area contributed by atoms with Gasteiger partial charge in [0, 0.05) is 30.1 Å². The Kier molecular flexibility index (Phi) is 4.65. The van der Waals surface area contributed by atoms with Gasteiger partial charge in [0.2, 0.25) is 0 Å². The molecule has 2 aromatic carbocycles. The molecule has 1 amide bonds. The first-order chi connectivity index (χ1) is 12.7. The van der Waals surface area contributed by atoms with Crippen molar-refractivity contribution in [3.05, 3.63) is 65.9 Å². The SMILES string of the molecule is CC1CCN(C(=O)c2cc3ccc(OCc4ccccc4)cc3[nH]2)CC1. The molecular formula is C22H24N2O2. The van der Waals surface area contributed by atoms with Gasteiger partial charge >= 0.3 is 0 Å². The average Bonchev–Trinajstić information content (AvgIpc) is 3.10. The molecule has 1 aliphatic rings. The zero-order valence-corrected chi connectivity index (χ0v) is 15.1. The number of hydrogen-bond donors (Lipinski definition) is 1. The summed E-state index contributed by atoms with van der Waals surface area (Å²) in [5.74, 6) is 1.61. The molecule has 2 heterocycles. The van der Waals surface area contributed by atoms with Crippen molar-refractivity contribution in [1.29, 1.82) is 0 Å². The lowest BCUT2D eigenvalue weighted by molar-refractivity contribution is 0.0692. The maximum absolute atomic E-state index is 12.7. The fourth-order valence-electron chi connectivity index (χ4n) is 3.43. The molecule has 1 saturated heterocycles. The number of nitrogens with one attached hydrogen (secondary N) is 1. The Balaban J connectivity index is 1.48. The number of aromatic nitrogens is 1. The molecule has 4 nitrogen and oxygen atoms in total. The third-order valence-corrected chi connectivity index (χ3v) is 5.14. The molecule has 0 radical (unpaired) electrons. The minimum Gasteiger partial charge on any atom is -0.489 e. The summed E-state index contributed by atoms with van der Waals surface area (Å²) in [5.41, 5.74) is 2.73. The number of carbonyl (C=O) groups is 1. The first kappa shape index (κ1) is 16.7. The number of ether oxygens (including phenoxy) is 1. The predicted octanol–water partition coefficient (Wildman–Crippen LogP) is 4.62. The molecule has 4 rings (SSSR count). The van der Waals surface area contributed by atoms with E-state index in [-0.39, 0.29) is 5.91 Å². The molecule has 0 bridgehead atoms. The molecule has 0 spiro atoms. The number of carbonyl (C=O) groups excluding carboxylic acids is 1. The Labute approximate surface area is 153 Å². The molecule has 0 aliphatic carbocycles. The highest BCUT2D eigenvalue weighted by atomic mass is 16.5. The number of H-pyrrole nitrogens is 1. The van der Waals surface area contributed by atoms with Gasteiger partial charge in [-0.1, -0.05) is 37.3 Å². The van der Waals surface area contributed by atoms with Gasteiger partial charge in [0.15, 0.2) is 0 Å². The van der Waals surface area contributed by atoms with E-state index in [0.717, 1.165) is 48.1 Å². The Bertz CT molecular complexity index is 893. The predicted molar refractivity (Wildman–Crippen MR) is 103 cm³/mol. The van der Waals surface area contributed by atoms with Crippen molar-refractivity contribution in [2.45, 2.75) is 26.4 Å². The van der Waals surface area contributed by atoms with Crippen LogP contribution < -0.4 is 4.74 Å². The summed E-state index contributed by atoms with van der Waals surface area (Å²) in [7, 11) is 0. The van der Waals surface area contributed by atoms with Crippen molar-refractivity contribution >= 4 is 16.8 Å². The Hall–Kier alpha value is -2.75. The van der Waals surface area contributed by atoms with E-state index in [1.165, 1.54) is 0 Å². The third-order valence-electron chi connectivity index (χ3n) is 5.14. The smallest absolute Gasteiger partial charge is 0.270 e. The quantitative estimate of drug-likeness (QED) is 0.748. The van der Waals surface area contributed by atoms with Gasteiger partial charge in [0.05, 0.1) is 0 Å². The van der Waals surface area contributed by atoms with E-state index in [2.05, 4.69) is 11.9 Å². The van der Waals surface area contributed by atoms with Crippen LogP contribution in [0.5, 0.6) is 5.75 Å². The minimum absolute atomic E-state index is 0.0971. The Morgan fingerprint density at radius 3 is 2.65 bits per heavy atom. The lowest BCUT2D eigenvalue weighted by Gasteiger charge is -2.29. The van der Waals surface area contributed by atoms with E-state index in [1.54, 1.807) is 0 Å². The Morgan fingerprint density at radius 2 is 1.88 bits per heavy atom. The number of amides is 1. The van der Waals surface area contributed by atoms with Crippen LogP contribution in [-0.2, 0) is 6.61 Å². The van der Waals surface area contributed by atoms with Gasteiger partial charge in [-0.05, 0) is 42.5 Å². The zero-order chi connectivity index (χ0) is 17.9. The monoisotopic (exact) mass is 348 g/mol. The van der Waals surface area contributed by atoms with Gasteiger partial charge in [-0.3, -0.25) is 4.79 Å². The van der Waals surface area contributed by atoms with E-state index in [4.69, 9.17) is 4.74 Å². The zero-order valence-electron chi connectivity index (χ0n) is 15.1. The van der Waals surface area contributed by atoms with Crippen molar-refractivity contribution in [2.24, 2.45) is 5.92 Å². The summed E-state index contributed by atoms with van der Waals surface area (Å²) in [4.78, 5) is 18.0. The van der Waals surface area contributed by atoms with Crippen LogP contribution in [0.1, 0.15) is 35.8 Å². The number of nitrogens with zero attached hydrogens (tertiary/aromatic N) is 1. The number of likely N-dealkylation sites (tertiary alicyclic amines) is 1. The van der Waals surface area contributed by atoms with Gasteiger partial charge in [-0.15, -0.1) is 0 Å². The molecule has 1 aromatic heterocycles. The summed E-state index contributed by atoms with van der Waals surface area (Å²) in [6.07, 6.45) is 2.17. The van der Waals surface area contributed by atoms with Gasteiger partial charge in [-0.2, -0.15) is 0 Å².